The molecule has 0 aliphatic heterocycles. The SMILES string of the molecule is CCOC(=O)c1onc(-c2ccc(S(C)(=O)=O)cc2)c1N. The van der Waals surface area contributed by atoms with E-state index in [0.717, 1.165) is 6.26 Å². The largest absolute Gasteiger partial charge is 0.460 e. The van der Waals surface area contributed by atoms with E-state index < -0.39 is 15.8 Å². The third kappa shape index (κ3) is 3.05. The van der Waals surface area contributed by atoms with E-state index in [-0.39, 0.29) is 28.6 Å². The first-order valence-corrected chi connectivity index (χ1v) is 7.96. The van der Waals surface area contributed by atoms with E-state index in [1.807, 2.05) is 0 Å². The molecule has 0 bridgehead atoms. The number of sulfone groups is 1. The van der Waals surface area contributed by atoms with Crippen LogP contribution in [0, 0.1) is 0 Å². The Kier molecular flexibility index (Phi) is 3.99. The lowest BCUT2D eigenvalue weighted by Crippen LogP contribution is -2.06. The third-order valence-electron chi connectivity index (χ3n) is 2.74. The number of nitrogens with two attached hydrogens (primary N) is 1. The summed E-state index contributed by atoms with van der Waals surface area (Å²) < 4.78 is 32.5. The first-order valence-electron chi connectivity index (χ1n) is 6.07. The number of carbonyl (C=O) groups excluding carboxylic acids is 1. The molecule has 112 valence electrons. The van der Waals surface area contributed by atoms with E-state index in [2.05, 4.69) is 5.16 Å². The quantitative estimate of drug-likeness (QED) is 0.851. The Balaban J connectivity index is 2.37. The maximum absolute atomic E-state index is 11.6. The van der Waals surface area contributed by atoms with E-state index in [1.165, 1.54) is 12.1 Å². The van der Waals surface area contributed by atoms with Crippen LogP contribution in [0.5, 0.6) is 0 Å². The van der Waals surface area contributed by atoms with Gasteiger partial charge in [0.2, 0.25) is 0 Å². The van der Waals surface area contributed by atoms with Gasteiger partial charge in [-0.1, -0.05) is 17.3 Å². The number of aromatic nitrogens is 1. The van der Waals surface area contributed by atoms with Crippen molar-refractivity contribution in [3.8, 4) is 11.3 Å². The zero-order valence-corrected chi connectivity index (χ0v) is 12.3. The molecule has 0 unspecified atom stereocenters. The van der Waals surface area contributed by atoms with Crippen molar-refractivity contribution in [2.75, 3.05) is 18.6 Å². The summed E-state index contributed by atoms with van der Waals surface area (Å²) in [6, 6.07) is 5.95. The summed E-state index contributed by atoms with van der Waals surface area (Å²) in [6.07, 6.45) is 1.12. The molecule has 1 aromatic carbocycles. The molecular weight excluding hydrogens is 296 g/mol. The normalized spacial score (nSPS) is 11.3. The van der Waals surface area contributed by atoms with Crippen LogP contribution in [-0.4, -0.2) is 32.4 Å². The molecule has 0 spiro atoms. The van der Waals surface area contributed by atoms with Gasteiger partial charge >= 0.3 is 5.97 Å². The molecule has 7 nitrogen and oxygen atoms in total. The molecular formula is C13H14N2O5S. The number of carbonyl (C=O) groups is 1. The summed E-state index contributed by atoms with van der Waals surface area (Å²) in [7, 11) is -3.28. The van der Waals surface area contributed by atoms with Gasteiger partial charge in [0.25, 0.3) is 5.76 Å². The number of hydrogen-bond acceptors (Lipinski definition) is 7. The predicted octanol–water partition coefficient (Wildman–Crippen LogP) is 1.50. The molecule has 0 saturated heterocycles. The number of ether oxygens (including phenoxy) is 1. The lowest BCUT2D eigenvalue weighted by atomic mass is 10.1. The number of anilines is 1. The Hall–Kier alpha value is -2.35. The minimum absolute atomic E-state index is 0.0561. The van der Waals surface area contributed by atoms with Crippen LogP contribution in [0.25, 0.3) is 11.3 Å². The first-order chi connectivity index (χ1) is 9.84. The van der Waals surface area contributed by atoms with Crippen LogP contribution in [0.2, 0.25) is 0 Å². The molecule has 0 radical (unpaired) electrons. The molecule has 2 N–H and O–H groups in total. The highest BCUT2D eigenvalue weighted by Gasteiger charge is 2.22. The van der Waals surface area contributed by atoms with E-state index in [4.69, 9.17) is 15.0 Å². The molecule has 21 heavy (non-hydrogen) atoms. The van der Waals surface area contributed by atoms with Crippen LogP contribution < -0.4 is 5.73 Å². The fourth-order valence-corrected chi connectivity index (χ4v) is 2.34. The average Bonchev–Trinajstić information content (AvgIpc) is 2.80. The Morgan fingerprint density at radius 3 is 2.48 bits per heavy atom. The zero-order valence-electron chi connectivity index (χ0n) is 11.5. The molecule has 2 aromatic rings. The molecule has 8 heteroatoms. The van der Waals surface area contributed by atoms with Gasteiger partial charge in [0, 0.05) is 11.8 Å². The monoisotopic (exact) mass is 310 g/mol. The van der Waals surface area contributed by atoms with E-state index >= 15 is 0 Å². The second-order valence-electron chi connectivity index (χ2n) is 4.29. The number of benzene rings is 1. The van der Waals surface area contributed by atoms with Gasteiger partial charge in [0.15, 0.2) is 9.84 Å². The van der Waals surface area contributed by atoms with Crippen LogP contribution >= 0.6 is 0 Å². The van der Waals surface area contributed by atoms with Crippen molar-refractivity contribution in [2.24, 2.45) is 0 Å². The molecule has 1 aromatic heterocycles. The highest BCUT2D eigenvalue weighted by atomic mass is 32.2. The molecule has 0 atom stereocenters. The summed E-state index contributed by atoms with van der Waals surface area (Å²) in [5.74, 6) is -0.861. The molecule has 0 saturated carbocycles. The molecule has 0 amide bonds. The van der Waals surface area contributed by atoms with Gasteiger partial charge in [0.05, 0.1) is 11.5 Å². The van der Waals surface area contributed by atoms with Crippen LogP contribution in [0.4, 0.5) is 5.69 Å². The van der Waals surface area contributed by atoms with Gasteiger partial charge in [-0.2, -0.15) is 0 Å². The summed E-state index contributed by atoms with van der Waals surface area (Å²) in [5, 5.41) is 3.73. The van der Waals surface area contributed by atoms with Crippen molar-refractivity contribution in [3.63, 3.8) is 0 Å². The first kappa shape index (κ1) is 15.0. The summed E-state index contributed by atoms with van der Waals surface area (Å²) >= 11 is 0. The number of hydrogen-bond donors (Lipinski definition) is 1. The highest BCUT2D eigenvalue weighted by molar-refractivity contribution is 7.90. The van der Waals surface area contributed by atoms with E-state index in [9.17, 15) is 13.2 Å². The number of nitrogens with zero attached hydrogens (tertiary/aromatic N) is 1. The van der Waals surface area contributed by atoms with Crippen molar-refractivity contribution < 1.29 is 22.5 Å². The minimum Gasteiger partial charge on any atom is -0.460 e. The average molecular weight is 310 g/mol. The lowest BCUT2D eigenvalue weighted by molar-refractivity contribution is 0.0481. The van der Waals surface area contributed by atoms with Crippen LogP contribution in [0.15, 0.2) is 33.7 Å². The number of rotatable bonds is 4. The molecule has 0 aliphatic carbocycles. The minimum atomic E-state index is -3.28. The van der Waals surface area contributed by atoms with Crippen molar-refractivity contribution in [3.05, 3.63) is 30.0 Å². The lowest BCUT2D eigenvalue weighted by Gasteiger charge is -2.01. The molecule has 0 aliphatic rings. The Bertz CT molecular complexity index is 762. The summed E-state index contributed by atoms with van der Waals surface area (Å²) in [5.41, 5.74) is 6.67. The highest BCUT2D eigenvalue weighted by Crippen LogP contribution is 2.29. The van der Waals surface area contributed by atoms with Gasteiger partial charge in [-0.05, 0) is 19.1 Å². The van der Waals surface area contributed by atoms with Gasteiger partial charge in [-0.3, -0.25) is 0 Å². The van der Waals surface area contributed by atoms with E-state index in [0.29, 0.717) is 5.56 Å². The van der Waals surface area contributed by atoms with Crippen LogP contribution in [-0.2, 0) is 14.6 Å². The maximum atomic E-state index is 11.6. The molecule has 1 heterocycles. The smallest absolute Gasteiger partial charge is 0.379 e. The van der Waals surface area contributed by atoms with Crippen LogP contribution in [0.3, 0.4) is 0 Å². The van der Waals surface area contributed by atoms with Gasteiger partial charge in [0.1, 0.15) is 11.4 Å². The van der Waals surface area contributed by atoms with Gasteiger partial charge in [-0.25, -0.2) is 13.2 Å². The summed E-state index contributed by atoms with van der Waals surface area (Å²) in [4.78, 5) is 11.8. The zero-order chi connectivity index (χ0) is 15.6. The van der Waals surface area contributed by atoms with Crippen LogP contribution in [0.1, 0.15) is 17.5 Å². The van der Waals surface area contributed by atoms with Crippen molar-refractivity contribution >= 4 is 21.5 Å². The second-order valence-corrected chi connectivity index (χ2v) is 6.31. The summed E-state index contributed by atoms with van der Waals surface area (Å²) in [6.45, 7) is 1.85. The third-order valence-corrected chi connectivity index (χ3v) is 3.87. The fraction of sp³-hybridized carbons (Fsp3) is 0.231. The van der Waals surface area contributed by atoms with Crippen molar-refractivity contribution in [2.45, 2.75) is 11.8 Å². The molecule has 2 rings (SSSR count). The second kappa shape index (κ2) is 5.57. The molecule has 0 fully saturated rings. The van der Waals surface area contributed by atoms with Crippen molar-refractivity contribution in [1.82, 2.24) is 5.16 Å². The Morgan fingerprint density at radius 1 is 1.33 bits per heavy atom. The Labute approximate surface area is 121 Å². The van der Waals surface area contributed by atoms with Gasteiger partial charge < -0.3 is 15.0 Å². The van der Waals surface area contributed by atoms with Crippen molar-refractivity contribution in [1.29, 1.82) is 0 Å². The number of nitrogen functional groups attached to an aromatic ring is 1. The van der Waals surface area contributed by atoms with E-state index in [1.54, 1.807) is 19.1 Å². The maximum Gasteiger partial charge on any atom is 0.379 e. The standard InChI is InChI=1S/C13H14N2O5S/c1-3-19-13(16)12-10(14)11(15-20-12)8-4-6-9(7-5-8)21(2,17)18/h4-7H,3,14H2,1-2H3. The topological polar surface area (TPSA) is 112 Å². The van der Waals surface area contributed by atoms with Gasteiger partial charge in [-0.15, -0.1) is 0 Å². The predicted molar refractivity (Wildman–Crippen MR) is 75.4 cm³/mol. The number of esters is 1. The Morgan fingerprint density at radius 2 is 1.95 bits per heavy atom. The fourth-order valence-electron chi connectivity index (χ4n) is 1.71.